The second kappa shape index (κ2) is 2.05. The molecule has 0 N–H and O–H groups in total. The monoisotopic (exact) mass is 140 g/mol. The highest BCUT2D eigenvalue weighted by molar-refractivity contribution is 8.01. The zero-order chi connectivity index (χ0) is 6.27. The molecule has 0 aromatic rings. The van der Waals surface area contributed by atoms with Crippen LogP contribution in [0.1, 0.15) is 19.8 Å². The van der Waals surface area contributed by atoms with Gasteiger partial charge in [-0.15, -0.1) is 0 Å². The standard InChI is InChI=1S/C8H12S/c1-2-8-6-3-4-7(5-6)9-8/h3-4,6-8H,2,5H2,1H3/t6-,7+,8-/m0/s1. The topological polar surface area (TPSA) is 0 Å². The van der Waals surface area contributed by atoms with E-state index in [2.05, 4.69) is 30.8 Å². The summed E-state index contributed by atoms with van der Waals surface area (Å²) in [5, 5.41) is 1.85. The van der Waals surface area contributed by atoms with Gasteiger partial charge in [0.05, 0.1) is 0 Å². The predicted octanol–water partition coefficient (Wildman–Crippen LogP) is 2.46. The minimum atomic E-state index is 0.889. The number of thioether (sulfide) groups is 1. The molecule has 2 rings (SSSR count). The lowest BCUT2D eigenvalue weighted by Crippen LogP contribution is -2.06. The van der Waals surface area contributed by atoms with Gasteiger partial charge >= 0.3 is 0 Å². The Labute approximate surface area is 60.7 Å². The van der Waals surface area contributed by atoms with E-state index in [1.807, 2.05) is 0 Å². The van der Waals surface area contributed by atoms with Gasteiger partial charge in [-0.3, -0.25) is 0 Å². The van der Waals surface area contributed by atoms with Gasteiger partial charge < -0.3 is 0 Å². The fraction of sp³-hybridized carbons (Fsp3) is 0.750. The average Bonchev–Trinajstić information content (AvgIpc) is 2.45. The van der Waals surface area contributed by atoms with Crippen molar-refractivity contribution in [2.24, 2.45) is 5.92 Å². The van der Waals surface area contributed by atoms with Gasteiger partial charge in [-0.25, -0.2) is 0 Å². The first-order valence-electron chi connectivity index (χ1n) is 3.74. The molecule has 0 amide bonds. The van der Waals surface area contributed by atoms with Crippen molar-refractivity contribution < 1.29 is 0 Å². The number of hydrogen-bond acceptors (Lipinski definition) is 1. The van der Waals surface area contributed by atoms with Crippen LogP contribution in [-0.4, -0.2) is 10.5 Å². The maximum atomic E-state index is 2.41. The summed E-state index contributed by atoms with van der Waals surface area (Å²) < 4.78 is 0. The SMILES string of the molecule is CC[C@@H]1S[C@@H]2C=C[C@H]1C2. The van der Waals surface area contributed by atoms with Crippen molar-refractivity contribution in [3.05, 3.63) is 12.2 Å². The van der Waals surface area contributed by atoms with Crippen LogP contribution in [0.5, 0.6) is 0 Å². The molecule has 9 heavy (non-hydrogen) atoms. The molecule has 3 atom stereocenters. The van der Waals surface area contributed by atoms with Crippen LogP contribution in [0.2, 0.25) is 0 Å². The minimum absolute atomic E-state index is 0.889. The second-order valence-electron chi connectivity index (χ2n) is 2.91. The maximum Gasteiger partial charge on any atom is 0.0236 e. The summed E-state index contributed by atoms with van der Waals surface area (Å²) in [6, 6.07) is 0. The first kappa shape index (κ1) is 5.84. The molecule has 0 saturated carbocycles. The Morgan fingerprint density at radius 1 is 1.56 bits per heavy atom. The van der Waals surface area contributed by atoms with E-state index in [0.29, 0.717) is 0 Å². The molecule has 0 aromatic heterocycles. The molecule has 0 unspecified atom stereocenters. The van der Waals surface area contributed by atoms with Gasteiger partial charge in [0, 0.05) is 10.5 Å². The first-order chi connectivity index (χ1) is 4.40. The highest BCUT2D eigenvalue weighted by Crippen LogP contribution is 2.45. The first-order valence-corrected chi connectivity index (χ1v) is 4.68. The van der Waals surface area contributed by atoms with E-state index in [-0.39, 0.29) is 0 Å². The van der Waals surface area contributed by atoms with Crippen LogP contribution in [0.4, 0.5) is 0 Å². The summed E-state index contributed by atoms with van der Waals surface area (Å²) in [5.41, 5.74) is 0. The molecule has 1 saturated heterocycles. The Balaban J connectivity index is 2.10. The van der Waals surface area contributed by atoms with Crippen molar-refractivity contribution in [3.8, 4) is 0 Å². The Morgan fingerprint density at radius 3 is 2.78 bits per heavy atom. The van der Waals surface area contributed by atoms with Crippen molar-refractivity contribution in [3.63, 3.8) is 0 Å². The molecule has 1 aliphatic heterocycles. The van der Waals surface area contributed by atoms with E-state index < -0.39 is 0 Å². The third-order valence-electron chi connectivity index (χ3n) is 2.31. The quantitative estimate of drug-likeness (QED) is 0.504. The van der Waals surface area contributed by atoms with Gasteiger partial charge in [0.15, 0.2) is 0 Å². The van der Waals surface area contributed by atoms with Crippen molar-refractivity contribution >= 4 is 11.8 Å². The predicted molar refractivity (Wildman–Crippen MR) is 42.7 cm³/mol. The molecule has 1 heteroatoms. The van der Waals surface area contributed by atoms with Crippen molar-refractivity contribution in [2.75, 3.05) is 0 Å². The molecule has 0 nitrogen and oxygen atoms in total. The highest BCUT2D eigenvalue weighted by atomic mass is 32.2. The summed E-state index contributed by atoms with van der Waals surface area (Å²) in [5.74, 6) is 0.935. The van der Waals surface area contributed by atoms with Gasteiger partial charge in [0.25, 0.3) is 0 Å². The largest absolute Gasteiger partial charge is 0.150 e. The smallest absolute Gasteiger partial charge is 0.0236 e. The summed E-state index contributed by atoms with van der Waals surface area (Å²) in [6.45, 7) is 2.30. The van der Waals surface area contributed by atoms with E-state index in [0.717, 1.165) is 16.4 Å². The van der Waals surface area contributed by atoms with E-state index in [9.17, 15) is 0 Å². The van der Waals surface area contributed by atoms with Crippen molar-refractivity contribution in [1.82, 2.24) is 0 Å². The molecule has 1 heterocycles. The fourth-order valence-electron chi connectivity index (χ4n) is 1.79. The molecule has 0 radical (unpaired) electrons. The Hall–Kier alpha value is 0.0900. The zero-order valence-corrected chi connectivity index (χ0v) is 6.53. The van der Waals surface area contributed by atoms with E-state index >= 15 is 0 Å². The number of allylic oxidation sites excluding steroid dienone is 1. The number of fused-ring (bicyclic) bond motifs is 2. The average molecular weight is 140 g/mol. The lowest BCUT2D eigenvalue weighted by molar-refractivity contribution is 0.621. The molecular weight excluding hydrogens is 128 g/mol. The lowest BCUT2D eigenvalue weighted by Gasteiger charge is -2.13. The second-order valence-corrected chi connectivity index (χ2v) is 4.39. The highest BCUT2D eigenvalue weighted by Gasteiger charge is 2.34. The summed E-state index contributed by atoms with van der Waals surface area (Å²) in [7, 11) is 0. The molecule has 0 spiro atoms. The van der Waals surface area contributed by atoms with Gasteiger partial charge in [0.1, 0.15) is 0 Å². The Kier molecular flexibility index (Phi) is 1.33. The lowest BCUT2D eigenvalue weighted by atomic mass is 10.0. The van der Waals surface area contributed by atoms with E-state index in [1.165, 1.54) is 12.8 Å². The molecule has 1 aliphatic carbocycles. The number of rotatable bonds is 1. The molecule has 1 fully saturated rings. The fourth-order valence-corrected chi connectivity index (χ4v) is 3.35. The van der Waals surface area contributed by atoms with Gasteiger partial charge in [-0.2, -0.15) is 11.8 Å². The van der Waals surface area contributed by atoms with Crippen LogP contribution in [0.3, 0.4) is 0 Å². The summed E-state index contributed by atoms with van der Waals surface area (Å²) in [6.07, 6.45) is 7.58. The van der Waals surface area contributed by atoms with Crippen LogP contribution < -0.4 is 0 Å². The maximum absolute atomic E-state index is 2.41. The van der Waals surface area contributed by atoms with Crippen LogP contribution in [0, 0.1) is 5.92 Å². The third kappa shape index (κ3) is 0.823. The summed E-state index contributed by atoms with van der Waals surface area (Å²) in [4.78, 5) is 0. The van der Waals surface area contributed by atoms with Crippen LogP contribution >= 0.6 is 11.8 Å². The van der Waals surface area contributed by atoms with Crippen LogP contribution in [0.25, 0.3) is 0 Å². The van der Waals surface area contributed by atoms with E-state index in [4.69, 9.17) is 0 Å². The zero-order valence-electron chi connectivity index (χ0n) is 5.71. The van der Waals surface area contributed by atoms with Crippen molar-refractivity contribution in [1.29, 1.82) is 0 Å². The van der Waals surface area contributed by atoms with Gasteiger partial charge in [0.2, 0.25) is 0 Å². The van der Waals surface area contributed by atoms with E-state index in [1.54, 1.807) is 0 Å². The molecule has 0 aromatic carbocycles. The molecular formula is C8H12S. The minimum Gasteiger partial charge on any atom is -0.150 e. The molecule has 50 valence electrons. The molecule has 2 bridgehead atoms. The number of hydrogen-bond donors (Lipinski definition) is 0. The molecule has 2 aliphatic rings. The Bertz CT molecular complexity index is 140. The summed E-state index contributed by atoms with van der Waals surface area (Å²) >= 11 is 2.17. The van der Waals surface area contributed by atoms with Gasteiger partial charge in [-0.05, 0) is 18.8 Å². The van der Waals surface area contributed by atoms with Crippen LogP contribution in [0.15, 0.2) is 12.2 Å². The van der Waals surface area contributed by atoms with Crippen molar-refractivity contribution in [2.45, 2.75) is 30.3 Å². The third-order valence-corrected chi connectivity index (χ3v) is 4.04. The normalized spacial score (nSPS) is 46.6. The van der Waals surface area contributed by atoms with Gasteiger partial charge in [-0.1, -0.05) is 19.1 Å². The Morgan fingerprint density at radius 2 is 2.44 bits per heavy atom. The van der Waals surface area contributed by atoms with Crippen LogP contribution in [-0.2, 0) is 0 Å².